The average molecular weight is 311 g/mol. The molecule has 0 bridgehead atoms. The van der Waals surface area contributed by atoms with Gasteiger partial charge >= 0.3 is 0 Å². The number of carbonyl (C=O) groups excluding carboxylic acids is 1. The van der Waals surface area contributed by atoms with Crippen molar-refractivity contribution in [3.05, 3.63) is 65.2 Å². The largest absolute Gasteiger partial charge is 0.480 e. The molecule has 3 heteroatoms. The van der Waals surface area contributed by atoms with Gasteiger partial charge in [-0.2, -0.15) is 0 Å². The Labute approximate surface area is 138 Å². The smallest absolute Gasteiger partial charge is 0.261 e. The SMILES string of the molecule is CC[C@@H](Oc1ccc(C)cc1C)C(=O)N[C@H](C)c1ccccc1. The second kappa shape index (κ2) is 7.82. The number of hydrogen-bond donors (Lipinski definition) is 1. The van der Waals surface area contributed by atoms with Crippen LogP contribution in [0.5, 0.6) is 5.75 Å². The summed E-state index contributed by atoms with van der Waals surface area (Å²) in [7, 11) is 0. The summed E-state index contributed by atoms with van der Waals surface area (Å²) in [5.41, 5.74) is 3.32. The summed E-state index contributed by atoms with van der Waals surface area (Å²) in [4.78, 5) is 12.5. The molecule has 0 fully saturated rings. The van der Waals surface area contributed by atoms with Crippen molar-refractivity contribution in [3.8, 4) is 5.75 Å². The Hall–Kier alpha value is -2.29. The second-order valence-electron chi connectivity index (χ2n) is 5.92. The van der Waals surface area contributed by atoms with Crippen molar-refractivity contribution in [3.63, 3.8) is 0 Å². The molecule has 0 aliphatic heterocycles. The lowest BCUT2D eigenvalue weighted by atomic mass is 10.1. The van der Waals surface area contributed by atoms with Crippen LogP contribution in [0, 0.1) is 13.8 Å². The van der Waals surface area contributed by atoms with Gasteiger partial charge in [0.1, 0.15) is 5.75 Å². The number of carbonyl (C=O) groups is 1. The molecule has 122 valence electrons. The standard InChI is InChI=1S/C20H25NO2/c1-5-18(23-19-12-11-14(2)13-15(19)3)20(22)21-16(4)17-9-7-6-8-10-17/h6-13,16,18H,5H2,1-4H3,(H,21,22)/t16-,18-/m1/s1. The number of benzene rings is 2. The first-order chi connectivity index (χ1) is 11.0. The van der Waals surface area contributed by atoms with Crippen molar-refractivity contribution < 1.29 is 9.53 Å². The minimum atomic E-state index is -0.484. The summed E-state index contributed by atoms with van der Waals surface area (Å²) in [5, 5.41) is 3.03. The van der Waals surface area contributed by atoms with E-state index in [0.717, 1.165) is 16.9 Å². The maximum Gasteiger partial charge on any atom is 0.261 e. The third kappa shape index (κ3) is 4.59. The highest BCUT2D eigenvalue weighted by molar-refractivity contribution is 5.81. The van der Waals surface area contributed by atoms with E-state index in [9.17, 15) is 4.79 Å². The molecule has 1 amide bonds. The van der Waals surface area contributed by atoms with Crippen molar-refractivity contribution in [2.45, 2.75) is 46.3 Å². The minimum absolute atomic E-state index is 0.0412. The molecule has 2 rings (SSSR count). The van der Waals surface area contributed by atoms with Gasteiger partial charge in [-0.3, -0.25) is 4.79 Å². The molecule has 3 nitrogen and oxygen atoms in total. The van der Waals surface area contributed by atoms with E-state index in [0.29, 0.717) is 6.42 Å². The summed E-state index contributed by atoms with van der Waals surface area (Å²) in [6.07, 6.45) is 0.142. The van der Waals surface area contributed by atoms with Crippen molar-refractivity contribution in [2.24, 2.45) is 0 Å². The zero-order valence-electron chi connectivity index (χ0n) is 14.3. The first-order valence-electron chi connectivity index (χ1n) is 8.10. The van der Waals surface area contributed by atoms with Crippen molar-refractivity contribution in [1.82, 2.24) is 5.32 Å². The van der Waals surface area contributed by atoms with Gasteiger partial charge in [-0.15, -0.1) is 0 Å². The Morgan fingerprint density at radius 3 is 2.43 bits per heavy atom. The van der Waals surface area contributed by atoms with Crippen molar-refractivity contribution in [2.75, 3.05) is 0 Å². The molecule has 0 spiro atoms. The maximum atomic E-state index is 12.5. The number of aryl methyl sites for hydroxylation is 2. The van der Waals surface area contributed by atoms with Crippen LogP contribution in [-0.4, -0.2) is 12.0 Å². The molecule has 2 aromatic rings. The lowest BCUT2D eigenvalue weighted by Crippen LogP contribution is -2.39. The molecule has 0 aliphatic rings. The Balaban J connectivity index is 2.03. The minimum Gasteiger partial charge on any atom is -0.480 e. The molecule has 0 aromatic heterocycles. The molecule has 2 atom stereocenters. The van der Waals surface area contributed by atoms with E-state index in [1.807, 2.05) is 70.2 Å². The summed E-state index contributed by atoms with van der Waals surface area (Å²) >= 11 is 0. The highest BCUT2D eigenvalue weighted by atomic mass is 16.5. The van der Waals surface area contributed by atoms with Gasteiger partial charge in [0.05, 0.1) is 6.04 Å². The molecular weight excluding hydrogens is 286 g/mol. The van der Waals surface area contributed by atoms with Crippen molar-refractivity contribution >= 4 is 5.91 Å². The molecule has 2 aromatic carbocycles. The highest BCUT2D eigenvalue weighted by Crippen LogP contribution is 2.21. The Morgan fingerprint density at radius 1 is 1.13 bits per heavy atom. The summed E-state index contributed by atoms with van der Waals surface area (Å²) in [6, 6.07) is 15.9. The van der Waals surface area contributed by atoms with Gasteiger partial charge in [-0.1, -0.05) is 55.0 Å². The van der Waals surface area contributed by atoms with E-state index in [1.54, 1.807) is 0 Å². The summed E-state index contributed by atoms with van der Waals surface area (Å²) in [6.45, 7) is 7.99. The van der Waals surface area contributed by atoms with Gasteiger partial charge in [0.15, 0.2) is 6.10 Å². The molecule has 1 N–H and O–H groups in total. The first kappa shape index (κ1) is 17.1. The second-order valence-corrected chi connectivity index (χ2v) is 5.92. The predicted octanol–water partition coefficient (Wildman–Crippen LogP) is 4.34. The maximum absolute atomic E-state index is 12.5. The van der Waals surface area contributed by atoms with Crippen molar-refractivity contribution in [1.29, 1.82) is 0 Å². The fourth-order valence-electron chi connectivity index (χ4n) is 2.54. The van der Waals surface area contributed by atoms with Crippen LogP contribution >= 0.6 is 0 Å². The number of nitrogens with one attached hydrogen (secondary N) is 1. The lowest BCUT2D eigenvalue weighted by molar-refractivity contribution is -0.128. The molecule has 0 unspecified atom stereocenters. The summed E-state index contributed by atoms with van der Waals surface area (Å²) < 4.78 is 5.94. The zero-order chi connectivity index (χ0) is 16.8. The van der Waals surface area contributed by atoms with Crippen LogP contribution in [0.2, 0.25) is 0 Å². The normalized spacial score (nSPS) is 13.2. The van der Waals surface area contributed by atoms with Crippen LogP contribution in [-0.2, 0) is 4.79 Å². The average Bonchev–Trinajstić information content (AvgIpc) is 2.54. The van der Waals surface area contributed by atoms with E-state index in [2.05, 4.69) is 11.4 Å². The zero-order valence-corrected chi connectivity index (χ0v) is 14.3. The van der Waals surface area contributed by atoms with Gasteiger partial charge in [0.25, 0.3) is 5.91 Å². The molecule has 0 saturated heterocycles. The van der Waals surface area contributed by atoms with Crippen LogP contribution in [0.15, 0.2) is 48.5 Å². The van der Waals surface area contributed by atoms with E-state index < -0.39 is 6.10 Å². The van der Waals surface area contributed by atoms with Crippen LogP contribution in [0.1, 0.15) is 43.0 Å². The van der Waals surface area contributed by atoms with Crippen LogP contribution in [0.4, 0.5) is 0 Å². The van der Waals surface area contributed by atoms with E-state index >= 15 is 0 Å². The van der Waals surface area contributed by atoms with E-state index in [-0.39, 0.29) is 11.9 Å². The molecule has 0 radical (unpaired) electrons. The van der Waals surface area contributed by atoms with Crippen LogP contribution in [0.25, 0.3) is 0 Å². The number of amides is 1. The third-order valence-corrected chi connectivity index (χ3v) is 3.92. The fraction of sp³-hybridized carbons (Fsp3) is 0.350. The van der Waals surface area contributed by atoms with Gasteiger partial charge in [-0.25, -0.2) is 0 Å². The molecule has 23 heavy (non-hydrogen) atoms. The van der Waals surface area contributed by atoms with Gasteiger partial charge in [0.2, 0.25) is 0 Å². The third-order valence-electron chi connectivity index (χ3n) is 3.92. The Bertz CT molecular complexity index is 652. The van der Waals surface area contributed by atoms with Gasteiger partial charge in [0, 0.05) is 0 Å². The highest BCUT2D eigenvalue weighted by Gasteiger charge is 2.21. The van der Waals surface area contributed by atoms with Crippen LogP contribution < -0.4 is 10.1 Å². The number of ether oxygens (including phenoxy) is 1. The number of rotatable bonds is 6. The molecule has 0 saturated carbocycles. The molecular formula is C20H25NO2. The fourth-order valence-corrected chi connectivity index (χ4v) is 2.54. The lowest BCUT2D eigenvalue weighted by Gasteiger charge is -2.21. The van der Waals surface area contributed by atoms with Crippen LogP contribution in [0.3, 0.4) is 0 Å². The topological polar surface area (TPSA) is 38.3 Å². The monoisotopic (exact) mass is 311 g/mol. The quantitative estimate of drug-likeness (QED) is 0.862. The van der Waals surface area contributed by atoms with E-state index in [1.165, 1.54) is 5.56 Å². The van der Waals surface area contributed by atoms with E-state index in [4.69, 9.17) is 4.74 Å². The number of hydrogen-bond acceptors (Lipinski definition) is 2. The summed E-state index contributed by atoms with van der Waals surface area (Å²) in [5.74, 6) is 0.689. The molecule has 0 heterocycles. The van der Waals surface area contributed by atoms with Gasteiger partial charge < -0.3 is 10.1 Å². The van der Waals surface area contributed by atoms with Gasteiger partial charge in [-0.05, 0) is 44.4 Å². The molecule has 0 aliphatic carbocycles. The first-order valence-corrected chi connectivity index (χ1v) is 8.10. The predicted molar refractivity (Wildman–Crippen MR) is 93.6 cm³/mol. The Morgan fingerprint density at radius 2 is 1.83 bits per heavy atom. The Kier molecular flexibility index (Phi) is 5.80.